The van der Waals surface area contributed by atoms with E-state index >= 15 is 0 Å². The Bertz CT molecular complexity index is 2790. The van der Waals surface area contributed by atoms with Crippen LogP contribution in [0, 0.1) is 0 Å². The summed E-state index contributed by atoms with van der Waals surface area (Å²) in [7, 11) is -10.0. The van der Waals surface area contributed by atoms with Crippen LogP contribution in [0.4, 0.5) is 0 Å². The standard InChI is InChI=1S/C93H154O17P2/c1-5-9-13-17-21-25-29-33-37-41-43-47-50-54-58-62-66-70-74-78-91(96)104-84-89(110-93(98)80-76-72-68-64-60-56-52-48-44-42-38-34-30-26-22-18-14-10-6-2)86-108-112(101,102)106-82-87(94)81-105-111(99,100)107-85-88(109-92(97)79-75-71-67-63-59-55-51-46-40-36-32-28-24-20-16-12-8-4)83-103-90(95)77-73-69-65-61-57-53-49-45-39-35-31-27-23-19-15-11-7-3/h9,11-13,15-16,21-28,33-40,43-44,47-49,53,87-89,94H,5-8,10,14,17-20,29-32,41-42,45-46,50-52,54-86H2,1-4H3,(H,99,100)(H,101,102)/b13-9-,15-11-,16-12-,25-21-,26-22-,27-23-,28-24-,37-33-,38-34-,39-35-,40-36-,47-43-,48-44-,53-49-. The van der Waals surface area contributed by atoms with Crippen LogP contribution in [-0.2, 0) is 65.4 Å². The zero-order valence-electron chi connectivity index (χ0n) is 70.0. The van der Waals surface area contributed by atoms with Gasteiger partial charge in [0, 0.05) is 25.7 Å². The van der Waals surface area contributed by atoms with E-state index in [2.05, 4.69) is 198 Å². The highest BCUT2D eigenvalue weighted by atomic mass is 31.2. The second kappa shape index (κ2) is 83.4. The zero-order chi connectivity index (χ0) is 81.7. The average Bonchev–Trinajstić information content (AvgIpc) is 0.898. The first-order valence-electron chi connectivity index (χ1n) is 43.4. The lowest BCUT2D eigenvalue weighted by Gasteiger charge is -2.21. The van der Waals surface area contributed by atoms with Gasteiger partial charge in [-0.05, 0) is 173 Å². The first-order valence-corrected chi connectivity index (χ1v) is 46.4. The Morgan fingerprint density at radius 2 is 0.464 bits per heavy atom. The summed E-state index contributed by atoms with van der Waals surface area (Å²) < 4.78 is 68.9. The van der Waals surface area contributed by atoms with Crippen LogP contribution in [0.5, 0.6) is 0 Å². The van der Waals surface area contributed by atoms with Crippen molar-refractivity contribution in [2.24, 2.45) is 0 Å². The Morgan fingerprint density at radius 3 is 0.714 bits per heavy atom. The Hall–Kier alpha value is -5.58. The first-order chi connectivity index (χ1) is 54.7. The molecule has 0 bridgehead atoms. The Morgan fingerprint density at radius 1 is 0.259 bits per heavy atom. The molecule has 19 heteroatoms. The van der Waals surface area contributed by atoms with E-state index in [1.54, 1.807) is 0 Å². The van der Waals surface area contributed by atoms with Gasteiger partial charge in [0.1, 0.15) is 19.3 Å². The minimum atomic E-state index is -5.00. The topological polar surface area (TPSA) is 237 Å². The van der Waals surface area contributed by atoms with E-state index in [4.69, 9.17) is 37.0 Å². The number of esters is 4. The van der Waals surface area contributed by atoms with Gasteiger partial charge in [-0.3, -0.25) is 37.3 Å². The third kappa shape index (κ3) is 82.4. The maximum atomic E-state index is 13.2. The van der Waals surface area contributed by atoms with E-state index < -0.39 is 97.5 Å². The third-order valence-corrected chi connectivity index (χ3v) is 19.6. The van der Waals surface area contributed by atoms with Gasteiger partial charge >= 0.3 is 39.5 Å². The molecule has 638 valence electrons. The van der Waals surface area contributed by atoms with E-state index in [0.717, 1.165) is 238 Å². The van der Waals surface area contributed by atoms with E-state index in [1.807, 2.05) is 0 Å². The maximum Gasteiger partial charge on any atom is 0.472 e. The minimum absolute atomic E-state index is 0.0712. The molecule has 0 saturated heterocycles. The van der Waals surface area contributed by atoms with E-state index in [9.17, 15) is 43.2 Å². The molecule has 0 aromatic heterocycles. The smallest absolute Gasteiger partial charge is 0.462 e. The van der Waals surface area contributed by atoms with Crippen LogP contribution in [0.1, 0.15) is 336 Å². The van der Waals surface area contributed by atoms with Crippen molar-refractivity contribution in [2.45, 2.75) is 354 Å². The molecular formula is C93H154O17P2. The number of phosphoric acid groups is 2. The number of ether oxygens (including phenoxy) is 4. The molecule has 0 aliphatic heterocycles. The quantitative estimate of drug-likeness (QED) is 0.0169. The van der Waals surface area contributed by atoms with Crippen molar-refractivity contribution < 1.29 is 80.2 Å². The molecule has 3 N–H and O–H groups in total. The summed E-state index contributed by atoms with van der Waals surface area (Å²) in [5.41, 5.74) is 0. The maximum absolute atomic E-state index is 13.2. The molecule has 5 unspecified atom stereocenters. The van der Waals surface area contributed by atoms with Crippen molar-refractivity contribution in [3.8, 4) is 0 Å². The fraction of sp³-hybridized carbons (Fsp3) is 0.656. The number of hydrogen-bond donors (Lipinski definition) is 3. The second-order valence-corrected chi connectivity index (χ2v) is 31.2. The van der Waals surface area contributed by atoms with Gasteiger partial charge in [-0.15, -0.1) is 0 Å². The summed E-state index contributed by atoms with van der Waals surface area (Å²) in [4.78, 5) is 73.4. The highest BCUT2D eigenvalue weighted by Crippen LogP contribution is 2.45. The third-order valence-electron chi connectivity index (χ3n) is 17.7. The minimum Gasteiger partial charge on any atom is -0.462 e. The number of aliphatic hydroxyl groups excluding tert-OH is 1. The molecule has 17 nitrogen and oxygen atoms in total. The molecule has 0 aromatic carbocycles. The van der Waals surface area contributed by atoms with Gasteiger partial charge in [0.25, 0.3) is 0 Å². The highest BCUT2D eigenvalue weighted by molar-refractivity contribution is 7.47. The first kappa shape index (κ1) is 106. The number of rotatable bonds is 80. The lowest BCUT2D eigenvalue weighted by atomic mass is 10.1. The summed E-state index contributed by atoms with van der Waals surface area (Å²) in [5.74, 6) is -2.24. The molecule has 0 aromatic rings. The summed E-state index contributed by atoms with van der Waals surface area (Å²) in [5, 5.41) is 10.7. The van der Waals surface area contributed by atoms with E-state index in [0.29, 0.717) is 25.7 Å². The monoisotopic (exact) mass is 1610 g/mol. The number of allylic oxidation sites excluding steroid dienone is 28. The molecule has 0 aliphatic carbocycles. The molecule has 0 aliphatic rings. The van der Waals surface area contributed by atoms with E-state index in [-0.39, 0.29) is 25.7 Å². The number of hydrogen-bond acceptors (Lipinski definition) is 15. The Balaban J connectivity index is 5.46. The molecule has 0 saturated carbocycles. The number of aliphatic hydroxyl groups is 1. The van der Waals surface area contributed by atoms with E-state index in [1.165, 1.54) is 19.3 Å². The van der Waals surface area contributed by atoms with Crippen LogP contribution in [0.3, 0.4) is 0 Å². The second-order valence-electron chi connectivity index (χ2n) is 28.3. The molecule has 0 amide bonds. The molecule has 112 heavy (non-hydrogen) atoms. The van der Waals surface area contributed by atoms with Gasteiger partial charge in [-0.1, -0.05) is 307 Å². The summed E-state index contributed by atoms with van der Waals surface area (Å²) in [6.07, 6.45) is 100. The number of phosphoric ester groups is 2. The van der Waals surface area contributed by atoms with Crippen LogP contribution in [0.25, 0.3) is 0 Å². The predicted octanol–water partition coefficient (Wildman–Crippen LogP) is 26.1. The zero-order valence-corrected chi connectivity index (χ0v) is 71.8. The molecule has 0 spiro atoms. The molecule has 0 rings (SSSR count). The summed E-state index contributed by atoms with van der Waals surface area (Å²) >= 11 is 0. The van der Waals surface area contributed by atoms with Gasteiger partial charge in [0.15, 0.2) is 12.2 Å². The molecule has 5 atom stereocenters. The van der Waals surface area contributed by atoms with Crippen molar-refractivity contribution in [2.75, 3.05) is 39.6 Å². The lowest BCUT2D eigenvalue weighted by Crippen LogP contribution is -2.30. The van der Waals surface area contributed by atoms with Crippen molar-refractivity contribution >= 4 is 39.5 Å². The number of carbonyl (C=O) groups excluding carboxylic acids is 4. The fourth-order valence-electron chi connectivity index (χ4n) is 11.2. The highest BCUT2D eigenvalue weighted by Gasteiger charge is 2.30. The summed E-state index contributed by atoms with van der Waals surface area (Å²) in [6.45, 7) is 4.47. The predicted molar refractivity (Wildman–Crippen MR) is 463 cm³/mol. The van der Waals surface area contributed by atoms with Gasteiger partial charge in [0.2, 0.25) is 0 Å². The Kier molecular flexibility index (Phi) is 79.2. The number of carbonyl (C=O) groups is 4. The van der Waals surface area contributed by atoms with Crippen LogP contribution in [-0.4, -0.2) is 96.7 Å². The average molecular weight is 1610 g/mol. The number of unbranched alkanes of at least 4 members (excludes halogenated alkanes) is 26. The van der Waals surface area contributed by atoms with Gasteiger partial charge in [-0.25, -0.2) is 9.13 Å². The van der Waals surface area contributed by atoms with Crippen molar-refractivity contribution in [1.29, 1.82) is 0 Å². The molecule has 0 radical (unpaired) electrons. The van der Waals surface area contributed by atoms with Crippen molar-refractivity contribution in [1.82, 2.24) is 0 Å². The van der Waals surface area contributed by atoms with Crippen molar-refractivity contribution in [3.05, 3.63) is 170 Å². The van der Waals surface area contributed by atoms with Crippen LogP contribution < -0.4 is 0 Å². The largest absolute Gasteiger partial charge is 0.472 e. The van der Waals surface area contributed by atoms with Crippen LogP contribution in [0.15, 0.2) is 170 Å². The SMILES string of the molecule is CC/C=C\C/C=C\C/C=C\C/C=C\CCCCCCCCC(=O)OCC(COP(=O)(O)OCC(O)COP(=O)(O)OCC(COC(=O)CCCCCC/C=C\C/C=C\C/C=C\C/C=C\CC)OC(=O)CCCCCCCCC/C=C\C/C=C\C/C=C\CC)OC(=O)CCCCCCCC/C=C\C/C=C\C/C=C\CCCCC. The van der Waals surface area contributed by atoms with Crippen molar-refractivity contribution in [3.63, 3.8) is 0 Å². The van der Waals surface area contributed by atoms with Crippen LogP contribution in [0.2, 0.25) is 0 Å². The van der Waals surface area contributed by atoms with Gasteiger partial charge in [-0.2, -0.15) is 0 Å². The lowest BCUT2D eigenvalue weighted by molar-refractivity contribution is -0.161. The molecule has 0 fully saturated rings. The van der Waals surface area contributed by atoms with Gasteiger partial charge in [0.05, 0.1) is 26.4 Å². The molecule has 0 heterocycles. The normalized spacial score (nSPS) is 14.6. The van der Waals surface area contributed by atoms with Gasteiger partial charge < -0.3 is 33.8 Å². The van der Waals surface area contributed by atoms with Crippen LogP contribution >= 0.6 is 15.6 Å². The summed E-state index contributed by atoms with van der Waals surface area (Å²) in [6, 6.07) is 0. The molecular weight excluding hydrogens is 1450 g/mol. The Labute approximate surface area is 680 Å². The fourth-order valence-corrected chi connectivity index (χ4v) is 12.7.